The summed E-state index contributed by atoms with van der Waals surface area (Å²) in [6.07, 6.45) is -0.119. The largest absolute Gasteiger partial charge is 0.497 e. The van der Waals surface area contributed by atoms with Gasteiger partial charge < -0.3 is 9.16 Å². The highest BCUT2D eigenvalue weighted by atomic mass is 28.4. The van der Waals surface area contributed by atoms with Crippen LogP contribution in [0.15, 0.2) is 54.6 Å². The summed E-state index contributed by atoms with van der Waals surface area (Å²) in [5.74, 6) is 0.904. The van der Waals surface area contributed by atoms with Gasteiger partial charge >= 0.3 is 0 Å². The number of ketones is 1. The third-order valence-corrected chi connectivity index (χ3v) is 9.83. The summed E-state index contributed by atoms with van der Waals surface area (Å²) in [5.41, 5.74) is 1.94. The van der Waals surface area contributed by atoms with Crippen LogP contribution in [0.5, 0.6) is 5.75 Å². The highest BCUT2D eigenvalue weighted by Crippen LogP contribution is 2.32. The molecule has 2 aromatic carbocycles. The average Bonchev–Trinajstić information content (AvgIpc) is 2.70. The fourth-order valence-corrected chi connectivity index (χ4v) is 6.01. The average molecular weight is 371 g/mol. The smallest absolute Gasteiger partial charge is 0.193 e. The summed E-state index contributed by atoms with van der Waals surface area (Å²) >= 11 is 0. The van der Waals surface area contributed by atoms with Gasteiger partial charge in [-0.15, -0.1) is 0 Å². The van der Waals surface area contributed by atoms with Crippen LogP contribution in [0, 0.1) is 0 Å². The van der Waals surface area contributed by atoms with Crippen molar-refractivity contribution in [2.45, 2.75) is 51.4 Å². The highest BCUT2D eigenvalue weighted by molar-refractivity contribution is 6.73. The standard InChI is InChI=1S/C22H30O3Si/c1-5-26(6-2,7-3)25-22(19-13-15-20(24-4)16-14-19)21(23)17-18-11-9-8-10-12-18/h8-16,22H,5-7,17H2,1-4H3. The number of ether oxygens (including phenoxy) is 1. The van der Waals surface area contributed by atoms with Crippen LogP contribution < -0.4 is 4.74 Å². The molecule has 0 bridgehead atoms. The molecule has 0 saturated heterocycles. The van der Waals surface area contributed by atoms with Crippen LogP contribution >= 0.6 is 0 Å². The second kappa shape index (κ2) is 9.69. The van der Waals surface area contributed by atoms with E-state index in [2.05, 4.69) is 20.8 Å². The van der Waals surface area contributed by atoms with Gasteiger partial charge in [0.25, 0.3) is 0 Å². The summed E-state index contributed by atoms with van der Waals surface area (Å²) in [6, 6.07) is 20.6. The van der Waals surface area contributed by atoms with Gasteiger partial charge in [0.05, 0.1) is 7.11 Å². The second-order valence-electron chi connectivity index (χ2n) is 6.64. The number of carbonyl (C=O) groups excluding carboxylic acids is 1. The van der Waals surface area contributed by atoms with Crippen molar-refractivity contribution >= 4 is 14.1 Å². The van der Waals surface area contributed by atoms with Gasteiger partial charge in [0, 0.05) is 6.42 Å². The first-order valence-corrected chi connectivity index (χ1v) is 12.0. The van der Waals surface area contributed by atoms with E-state index in [9.17, 15) is 4.79 Å². The minimum Gasteiger partial charge on any atom is -0.497 e. The van der Waals surface area contributed by atoms with Crippen LogP contribution in [0.3, 0.4) is 0 Å². The lowest BCUT2D eigenvalue weighted by molar-refractivity contribution is -0.125. The molecule has 2 rings (SSSR count). The number of benzene rings is 2. The summed E-state index contributed by atoms with van der Waals surface area (Å²) in [4.78, 5) is 13.2. The van der Waals surface area contributed by atoms with Crippen LogP contribution in [0.1, 0.15) is 38.0 Å². The van der Waals surface area contributed by atoms with Crippen molar-refractivity contribution in [1.82, 2.24) is 0 Å². The lowest BCUT2D eigenvalue weighted by Crippen LogP contribution is -2.39. The predicted molar refractivity (Wildman–Crippen MR) is 109 cm³/mol. The van der Waals surface area contributed by atoms with Crippen molar-refractivity contribution in [3.8, 4) is 5.75 Å². The van der Waals surface area contributed by atoms with Crippen molar-refractivity contribution in [1.29, 1.82) is 0 Å². The first-order valence-electron chi connectivity index (χ1n) is 9.45. The molecule has 3 nitrogen and oxygen atoms in total. The molecule has 0 radical (unpaired) electrons. The monoisotopic (exact) mass is 370 g/mol. The number of hydrogen-bond donors (Lipinski definition) is 0. The van der Waals surface area contributed by atoms with E-state index in [1.165, 1.54) is 0 Å². The maximum Gasteiger partial charge on any atom is 0.193 e. The minimum atomic E-state index is -1.92. The Morgan fingerprint density at radius 2 is 1.50 bits per heavy atom. The van der Waals surface area contributed by atoms with Crippen LogP contribution in [-0.2, 0) is 15.6 Å². The van der Waals surface area contributed by atoms with Gasteiger partial charge in [0.1, 0.15) is 11.9 Å². The first kappa shape index (κ1) is 20.4. The molecule has 2 aromatic rings. The van der Waals surface area contributed by atoms with E-state index in [-0.39, 0.29) is 5.78 Å². The summed E-state index contributed by atoms with van der Waals surface area (Å²) < 4.78 is 11.9. The molecule has 0 aliphatic heterocycles. The molecule has 1 unspecified atom stereocenters. The molecule has 0 spiro atoms. The number of hydrogen-bond acceptors (Lipinski definition) is 3. The lowest BCUT2D eigenvalue weighted by atomic mass is 10.00. The Balaban J connectivity index is 2.31. The zero-order valence-corrected chi connectivity index (χ0v) is 17.3. The Kier molecular flexibility index (Phi) is 7.61. The number of Topliss-reactive ketones (excluding diaryl/α,β-unsaturated/α-hetero) is 1. The van der Waals surface area contributed by atoms with E-state index < -0.39 is 14.4 Å². The second-order valence-corrected chi connectivity index (χ2v) is 11.4. The molecule has 4 heteroatoms. The molecule has 26 heavy (non-hydrogen) atoms. The predicted octanol–water partition coefficient (Wildman–Crippen LogP) is 5.57. The van der Waals surface area contributed by atoms with Gasteiger partial charge in [0.15, 0.2) is 14.1 Å². The van der Waals surface area contributed by atoms with Crippen LogP contribution in [-0.4, -0.2) is 21.2 Å². The van der Waals surface area contributed by atoms with E-state index in [0.717, 1.165) is 35.0 Å². The van der Waals surface area contributed by atoms with Gasteiger partial charge in [-0.05, 0) is 41.4 Å². The van der Waals surface area contributed by atoms with Gasteiger partial charge in [-0.2, -0.15) is 0 Å². The van der Waals surface area contributed by atoms with Crippen molar-refractivity contribution in [3.63, 3.8) is 0 Å². The van der Waals surface area contributed by atoms with E-state index in [1.807, 2.05) is 54.6 Å². The molecule has 0 N–H and O–H groups in total. The summed E-state index contributed by atoms with van der Waals surface area (Å²) in [5, 5.41) is 0. The van der Waals surface area contributed by atoms with E-state index >= 15 is 0 Å². The van der Waals surface area contributed by atoms with E-state index in [4.69, 9.17) is 9.16 Å². The summed E-state index contributed by atoms with van der Waals surface area (Å²) in [6.45, 7) is 6.56. The minimum absolute atomic E-state index is 0.119. The van der Waals surface area contributed by atoms with Crippen molar-refractivity contribution in [2.75, 3.05) is 7.11 Å². The zero-order valence-electron chi connectivity index (χ0n) is 16.3. The molecular formula is C22H30O3Si. The lowest BCUT2D eigenvalue weighted by Gasteiger charge is -2.33. The molecule has 0 amide bonds. The Morgan fingerprint density at radius 1 is 0.923 bits per heavy atom. The zero-order chi connectivity index (χ0) is 19.0. The van der Waals surface area contributed by atoms with Crippen LogP contribution in [0.25, 0.3) is 0 Å². The summed E-state index contributed by atoms with van der Waals surface area (Å²) in [7, 11) is -0.272. The quantitative estimate of drug-likeness (QED) is 0.513. The van der Waals surface area contributed by atoms with Gasteiger partial charge in [-0.3, -0.25) is 4.79 Å². The molecule has 1 atom stereocenters. The molecule has 0 fully saturated rings. The maximum atomic E-state index is 13.2. The Bertz CT molecular complexity index is 670. The molecule has 0 aliphatic carbocycles. The van der Waals surface area contributed by atoms with Gasteiger partial charge in [-0.1, -0.05) is 63.2 Å². The van der Waals surface area contributed by atoms with E-state index in [1.54, 1.807) is 7.11 Å². The molecule has 0 aliphatic rings. The molecule has 0 saturated carbocycles. The van der Waals surface area contributed by atoms with Crippen LogP contribution in [0.4, 0.5) is 0 Å². The first-order chi connectivity index (χ1) is 12.6. The van der Waals surface area contributed by atoms with E-state index in [0.29, 0.717) is 6.42 Å². The van der Waals surface area contributed by atoms with Crippen molar-refractivity contribution in [2.24, 2.45) is 0 Å². The number of methoxy groups -OCH3 is 1. The fourth-order valence-electron chi connectivity index (χ4n) is 3.24. The Hall–Kier alpha value is -1.91. The van der Waals surface area contributed by atoms with Gasteiger partial charge in [0.2, 0.25) is 0 Å². The highest BCUT2D eigenvalue weighted by Gasteiger charge is 2.35. The van der Waals surface area contributed by atoms with Crippen molar-refractivity contribution < 1.29 is 14.0 Å². The Morgan fingerprint density at radius 3 is 2.00 bits per heavy atom. The van der Waals surface area contributed by atoms with Gasteiger partial charge in [-0.25, -0.2) is 0 Å². The third kappa shape index (κ3) is 5.05. The number of carbonyl (C=O) groups is 1. The normalized spacial score (nSPS) is 12.6. The molecule has 0 aromatic heterocycles. The molecule has 0 heterocycles. The third-order valence-electron chi connectivity index (χ3n) is 5.23. The molecule has 140 valence electrons. The topological polar surface area (TPSA) is 35.5 Å². The van der Waals surface area contributed by atoms with Crippen LogP contribution in [0.2, 0.25) is 18.1 Å². The number of rotatable bonds is 10. The maximum absolute atomic E-state index is 13.2. The van der Waals surface area contributed by atoms with Crippen molar-refractivity contribution in [3.05, 3.63) is 65.7 Å². The fraction of sp³-hybridized carbons (Fsp3) is 0.409. The Labute approximate surface area is 158 Å². The SMILES string of the molecule is CC[Si](CC)(CC)OC(C(=O)Cc1ccccc1)c1ccc(OC)cc1. The molecular weight excluding hydrogens is 340 g/mol.